The summed E-state index contributed by atoms with van der Waals surface area (Å²) >= 11 is 0. The van der Waals surface area contributed by atoms with Gasteiger partial charge in [0, 0.05) is 31.0 Å². The molecule has 2 atom stereocenters. The maximum atomic E-state index is 13.0. The van der Waals surface area contributed by atoms with Gasteiger partial charge in [-0.05, 0) is 45.7 Å². The van der Waals surface area contributed by atoms with Crippen molar-refractivity contribution in [3.63, 3.8) is 0 Å². The zero-order valence-electron chi connectivity index (χ0n) is 17.5. The lowest BCUT2D eigenvalue weighted by atomic mass is 9.94. The molecule has 0 spiro atoms. The van der Waals surface area contributed by atoms with Gasteiger partial charge in [-0.1, -0.05) is 72.8 Å². The van der Waals surface area contributed by atoms with E-state index in [4.69, 9.17) is 10.5 Å². The van der Waals surface area contributed by atoms with Crippen LogP contribution < -0.4 is 5.73 Å². The van der Waals surface area contributed by atoms with E-state index < -0.39 is 0 Å². The second kappa shape index (κ2) is 6.96. The number of nitrogens with two attached hydrogens (primary N) is 1. The zero-order valence-corrected chi connectivity index (χ0v) is 17.5. The fourth-order valence-electron chi connectivity index (χ4n) is 5.73. The lowest BCUT2D eigenvalue weighted by molar-refractivity contribution is 0.103. The number of piperidine rings is 1. The number of ether oxygens (including phenoxy) is 1. The summed E-state index contributed by atoms with van der Waals surface area (Å²) in [5.41, 5.74) is 13.3. The number of carbonyl (C=O) groups excluding carboxylic acids is 1. The van der Waals surface area contributed by atoms with Crippen molar-refractivity contribution < 1.29 is 9.53 Å². The topological polar surface area (TPSA) is 55.6 Å². The van der Waals surface area contributed by atoms with Crippen LogP contribution in [0.3, 0.4) is 0 Å². The Labute approximate surface area is 182 Å². The zero-order chi connectivity index (χ0) is 21.0. The Bertz CT molecular complexity index is 1110. The van der Waals surface area contributed by atoms with E-state index in [1.807, 2.05) is 4.90 Å². The highest BCUT2D eigenvalue weighted by atomic mass is 16.6. The lowest BCUT2D eigenvalue weighted by Crippen LogP contribution is -2.34. The van der Waals surface area contributed by atoms with Crippen molar-refractivity contribution in [2.24, 2.45) is 11.7 Å². The van der Waals surface area contributed by atoms with Crippen molar-refractivity contribution in [1.29, 1.82) is 0 Å². The average Bonchev–Trinajstić information content (AvgIpc) is 3.24. The highest BCUT2D eigenvalue weighted by Gasteiger charge is 2.61. The van der Waals surface area contributed by atoms with Crippen LogP contribution in [-0.2, 0) is 16.7 Å². The first kappa shape index (κ1) is 18.6. The van der Waals surface area contributed by atoms with Crippen molar-refractivity contribution in [1.82, 2.24) is 4.90 Å². The molecule has 2 fully saturated rings. The molecule has 3 aliphatic rings. The SMILES string of the molecule is NCc1ccc(C23CC2CN(C(=O)OCC2c4ccccc4-c4ccccc42)C3)cc1. The molecule has 2 aliphatic carbocycles. The predicted octanol–water partition coefficient (Wildman–Crippen LogP) is 4.67. The molecular formula is C27H26N2O2. The Hall–Kier alpha value is -3.11. The van der Waals surface area contributed by atoms with E-state index in [2.05, 4.69) is 72.8 Å². The Kier molecular flexibility index (Phi) is 4.19. The van der Waals surface area contributed by atoms with Gasteiger partial charge in [0.1, 0.15) is 6.61 Å². The first-order chi connectivity index (χ1) is 15.2. The van der Waals surface area contributed by atoms with Crippen LogP contribution in [0.25, 0.3) is 11.1 Å². The summed E-state index contributed by atoms with van der Waals surface area (Å²) in [6.45, 7) is 2.47. The predicted molar refractivity (Wildman–Crippen MR) is 121 cm³/mol. The highest BCUT2D eigenvalue weighted by Crippen LogP contribution is 2.59. The second-order valence-electron chi connectivity index (χ2n) is 9.14. The smallest absolute Gasteiger partial charge is 0.409 e. The van der Waals surface area contributed by atoms with E-state index in [-0.39, 0.29) is 17.4 Å². The highest BCUT2D eigenvalue weighted by molar-refractivity contribution is 5.79. The number of fused-ring (bicyclic) bond motifs is 4. The summed E-state index contributed by atoms with van der Waals surface area (Å²) in [6.07, 6.45) is 0.967. The number of rotatable bonds is 4. The van der Waals surface area contributed by atoms with Crippen LogP contribution in [0.4, 0.5) is 4.79 Å². The third kappa shape index (κ3) is 2.89. The molecular weight excluding hydrogens is 384 g/mol. The molecule has 1 amide bonds. The molecule has 4 nitrogen and oxygen atoms in total. The third-order valence-electron chi connectivity index (χ3n) is 7.50. The van der Waals surface area contributed by atoms with Crippen LogP contribution in [0.1, 0.15) is 34.6 Å². The summed E-state index contributed by atoms with van der Waals surface area (Å²) in [6, 6.07) is 25.5. The lowest BCUT2D eigenvalue weighted by Gasteiger charge is -2.22. The van der Waals surface area contributed by atoms with Gasteiger partial charge in [0.25, 0.3) is 0 Å². The number of carbonyl (C=O) groups is 1. The van der Waals surface area contributed by atoms with E-state index in [1.54, 1.807) is 0 Å². The van der Waals surface area contributed by atoms with Crippen LogP contribution in [0.15, 0.2) is 72.8 Å². The van der Waals surface area contributed by atoms with Gasteiger partial charge in [0.15, 0.2) is 0 Å². The number of hydrogen-bond acceptors (Lipinski definition) is 3. The third-order valence-corrected chi connectivity index (χ3v) is 7.50. The van der Waals surface area contributed by atoms with Crippen LogP contribution >= 0.6 is 0 Å². The summed E-state index contributed by atoms with van der Waals surface area (Å²) < 4.78 is 5.88. The van der Waals surface area contributed by atoms with E-state index in [9.17, 15) is 4.79 Å². The second-order valence-corrected chi connectivity index (χ2v) is 9.14. The van der Waals surface area contributed by atoms with Crippen molar-refractivity contribution in [3.05, 3.63) is 95.1 Å². The molecule has 3 aromatic carbocycles. The molecule has 2 N–H and O–H groups in total. The quantitative estimate of drug-likeness (QED) is 0.680. The average molecular weight is 411 g/mol. The fraction of sp³-hybridized carbons (Fsp3) is 0.296. The van der Waals surface area contributed by atoms with Crippen molar-refractivity contribution in [3.8, 4) is 11.1 Å². The molecule has 1 heterocycles. The first-order valence-corrected chi connectivity index (χ1v) is 11.1. The van der Waals surface area contributed by atoms with Crippen molar-refractivity contribution >= 4 is 6.09 Å². The van der Waals surface area contributed by atoms with E-state index >= 15 is 0 Å². The molecule has 0 aromatic heterocycles. The summed E-state index contributed by atoms with van der Waals surface area (Å²) in [4.78, 5) is 14.9. The summed E-state index contributed by atoms with van der Waals surface area (Å²) in [7, 11) is 0. The monoisotopic (exact) mass is 410 g/mol. The van der Waals surface area contributed by atoms with Gasteiger partial charge in [-0.3, -0.25) is 0 Å². The molecule has 0 bridgehead atoms. The maximum Gasteiger partial charge on any atom is 0.409 e. The molecule has 156 valence electrons. The molecule has 0 radical (unpaired) electrons. The number of likely N-dealkylation sites (tertiary alicyclic amines) is 1. The van der Waals surface area contributed by atoms with Gasteiger partial charge in [-0.15, -0.1) is 0 Å². The van der Waals surface area contributed by atoms with E-state index in [1.165, 1.54) is 27.8 Å². The standard InChI is InChI=1S/C27H26N2O2/c28-14-18-9-11-19(12-10-18)27-13-20(27)15-29(17-27)26(30)31-16-25-23-7-3-1-5-21(23)22-6-2-4-8-24(22)25/h1-12,20,25H,13-17,28H2. The number of amides is 1. The van der Waals surface area contributed by atoms with Gasteiger partial charge in [-0.2, -0.15) is 0 Å². The molecule has 31 heavy (non-hydrogen) atoms. The van der Waals surface area contributed by atoms with Crippen molar-refractivity contribution in [2.45, 2.75) is 24.3 Å². The van der Waals surface area contributed by atoms with Gasteiger partial charge in [0.05, 0.1) is 0 Å². The van der Waals surface area contributed by atoms with Gasteiger partial charge in [0.2, 0.25) is 0 Å². The molecule has 3 aromatic rings. The van der Waals surface area contributed by atoms with Crippen LogP contribution in [0, 0.1) is 5.92 Å². The van der Waals surface area contributed by atoms with Crippen LogP contribution in [0.5, 0.6) is 0 Å². The minimum absolute atomic E-state index is 0.103. The van der Waals surface area contributed by atoms with Gasteiger partial charge < -0.3 is 15.4 Å². The molecule has 6 rings (SSSR count). The molecule has 1 aliphatic heterocycles. The molecule has 2 unspecified atom stereocenters. The normalized spacial score (nSPS) is 23.3. The number of nitrogens with zero attached hydrogens (tertiary/aromatic N) is 1. The Balaban J connectivity index is 1.16. The molecule has 4 heteroatoms. The Morgan fingerprint density at radius 1 is 0.968 bits per heavy atom. The molecule has 1 saturated heterocycles. The largest absolute Gasteiger partial charge is 0.448 e. The van der Waals surface area contributed by atoms with E-state index in [0.717, 1.165) is 25.1 Å². The van der Waals surface area contributed by atoms with Crippen LogP contribution in [0.2, 0.25) is 0 Å². The Morgan fingerprint density at radius 2 is 1.61 bits per heavy atom. The van der Waals surface area contributed by atoms with Crippen molar-refractivity contribution in [2.75, 3.05) is 19.7 Å². The summed E-state index contributed by atoms with van der Waals surface area (Å²) in [5, 5.41) is 0. The fourth-order valence-corrected chi connectivity index (χ4v) is 5.73. The molecule has 1 saturated carbocycles. The minimum Gasteiger partial charge on any atom is -0.448 e. The van der Waals surface area contributed by atoms with E-state index in [0.29, 0.717) is 19.1 Å². The summed E-state index contributed by atoms with van der Waals surface area (Å²) in [5.74, 6) is 0.642. The maximum absolute atomic E-state index is 13.0. The van der Waals surface area contributed by atoms with Gasteiger partial charge >= 0.3 is 6.09 Å². The Morgan fingerprint density at radius 3 is 2.26 bits per heavy atom. The van der Waals surface area contributed by atoms with Gasteiger partial charge in [-0.25, -0.2) is 4.79 Å². The number of benzene rings is 3. The first-order valence-electron chi connectivity index (χ1n) is 11.1. The minimum atomic E-state index is -0.188. The van der Waals surface area contributed by atoms with Crippen LogP contribution in [-0.4, -0.2) is 30.7 Å². The number of hydrogen-bond donors (Lipinski definition) is 1.